The number of hydrogen-bond acceptors (Lipinski definition) is 5. The molecule has 0 amide bonds. The first-order valence-corrected chi connectivity index (χ1v) is 7.94. The lowest BCUT2D eigenvalue weighted by Gasteiger charge is -2.34. The second-order valence-electron chi connectivity index (χ2n) is 6.16. The highest BCUT2D eigenvalue weighted by Crippen LogP contribution is 2.26. The van der Waals surface area contributed by atoms with Crippen molar-refractivity contribution < 1.29 is 13.6 Å². The van der Waals surface area contributed by atoms with Crippen molar-refractivity contribution in [1.82, 2.24) is 15.2 Å². The zero-order valence-electron chi connectivity index (χ0n) is 12.7. The van der Waals surface area contributed by atoms with Crippen molar-refractivity contribution in [3.05, 3.63) is 53.5 Å². The third kappa shape index (κ3) is 2.80. The van der Waals surface area contributed by atoms with Gasteiger partial charge >= 0.3 is 0 Å². The van der Waals surface area contributed by atoms with E-state index in [4.69, 9.17) is 4.42 Å². The number of ketones is 1. The molecular weight excluding hydrogens is 297 g/mol. The summed E-state index contributed by atoms with van der Waals surface area (Å²) < 4.78 is 18.5. The van der Waals surface area contributed by atoms with Gasteiger partial charge in [0.15, 0.2) is 0 Å². The highest BCUT2D eigenvalue weighted by Gasteiger charge is 2.34. The normalized spacial score (nSPS) is 24.6. The van der Waals surface area contributed by atoms with E-state index < -0.39 is 0 Å². The van der Waals surface area contributed by atoms with Gasteiger partial charge in [0.25, 0.3) is 0 Å². The van der Waals surface area contributed by atoms with Gasteiger partial charge in [-0.05, 0) is 43.7 Å². The van der Waals surface area contributed by atoms with Gasteiger partial charge in [-0.25, -0.2) is 9.37 Å². The molecular formula is C17H18FN3O2. The van der Waals surface area contributed by atoms with E-state index in [0.29, 0.717) is 17.5 Å². The molecule has 3 heterocycles. The maximum absolute atomic E-state index is 12.9. The number of rotatable bonds is 3. The van der Waals surface area contributed by atoms with Crippen LogP contribution in [-0.4, -0.2) is 41.3 Å². The molecule has 1 aromatic heterocycles. The molecule has 2 aromatic rings. The zero-order valence-corrected chi connectivity index (χ0v) is 12.7. The fraction of sp³-hybridized carbons (Fsp3) is 0.412. The Morgan fingerprint density at radius 2 is 2.17 bits per heavy atom. The number of oxazole rings is 1. The molecule has 0 bridgehead atoms. The molecule has 2 atom stereocenters. The van der Waals surface area contributed by atoms with Gasteiger partial charge in [-0.1, -0.05) is 0 Å². The molecule has 1 aromatic carbocycles. The van der Waals surface area contributed by atoms with Gasteiger partial charge in [0.1, 0.15) is 17.8 Å². The number of benzene rings is 1. The van der Waals surface area contributed by atoms with Crippen molar-refractivity contribution in [2.75, 3.05) is 19.6 Å². The van der Waals surface area contributed by atoms with Gasteiger partial charge in [0.2, 0.25) is 11.7 Å². The Morgan fingerprint density at radius 1 is 1.35 bits per heavy atom. The number of hydrogen-bond donors (Lipinski definition) is 1. The van der Waals surface area contributed by atoms with E-state index in [2.05, 4.69) is 15.2 Å². The molecule has 2 saturated heterocycles. The van der Waals surface area contributed by atoms with Crippen LogP contribution in [0, 0.1) is 5.82 Å². The molecule has 0 spiro atoms. The summed E-state index contributed by atoms with van der Waals surface area (Å²) in [6, 6.07) is 6.08. The Balaban J connectivity index is 1.50. The van der Waals surface area contributed by atoms with Gasteiger partial charge < -0.3 is 9.73 Å². The Bertz CT molecular complexity index is 713. The van der Waals surface area contributed by atoms with Gasteiger partial charge in [0.05, 0.1) is 6.04 Å². The number of aromatic nitrogens is 1. The largest absolute Gasteiger partial charge is 0.446 e. The average Bonchev–Trinajstić information content (AvgIpc) is 3.23. The summed E-state index contributed by atoms with van der Waals surface area (Å²) in [5, 5.41) is 3.45. The van der Waals surface area contributed by atoms with Crippen LogP contribution in [0.3, 0.4) is 0 Å². The van der Waals surface area contributed by atoms with E-state index >= 15 is 0 Å². The second-order valence-corrected chi connectivity index (χ2v) is 6.16. The summed E-state index contributed by atoms with van der Waals surface area (Å²) in [4.78, 5) is 19.2. The van der Waals surface area contributed by atoms with E-state index in [9.17, 15) is 9.18 Å². The molecule has 23 heavy (non-hydrogen) atoms. The predicted molar refractivity (Wildman–Crippen MR) is 81.7 cm³/mol. The molecule has 2 fully saturated rings. The Hall–Kier alpha value is -2.05. The average molecular weight is 315 g/mol. The summed E-state index contributed by atoms with van der Waals surface area (Å²) in [5.41, 5.74) is 0.666. The lowest BCUT2D eigenvalue weighted by atomic mass is 10.1. The predicted octanol–water partition coefficient (Wildman–Crippen LogP) is 2.15. The molecule has 0 unspecified atom stereocenters. The van der Waals surface area contributed by atoms with Gasteiger partial charge in [-0.3, -0.25) is 9.69 Å². The minimum atomic E-state index is -0.367. The van der Waals surface area contributed by atoms with Crippen LogP contribution in [0.2, 0.25) is 0 Å². The fourth-order valence-corrected chi connectivity index (χ4v) is 3.41. The molecule has 0 aliphatic carbocycles. The van der Waals surface area contributed by atoms with E-state index in [1.165, 1.54) is 43.4 Å². The van der Waals surface area contributed by atoms with E-state index in [1.807, 2.05) is 0 Å². The number of carbonyl (C=O) groups excluding carboxylic acids is 1. The highest BCUT2D eigenvalue weighted by atomic mass is 19.1. The molecule has 2 aliphatic heterocycles. The number of halogens is 1. The van der Waals surface area contributed by atoms with Crippen molar-refractivity contribution >= 4 is 5.78 Å². The van der Waals surface area contributed by atoms with Crippen molar-refractivity contribution in [1.29, 1.82) is 0 Å². The second kappa shape index (κ2) is 5.86. The van der Waals surface area contributed by atoms with Crippen LogP contribution < -0.4 is 5.32 Å². The number of nitrogens with one attached hydrogen (secondary N) is 1. The lowest BCUT2D eigenvalue weighted by Crippen LogP contribution is -2.49. The van der Waals surface area contributed by atoms with Crippen molar-refractivity contribution in [2.24, 2.45) is 0 Å². The molecule has 120 valence electrons. The third-order valence-corrected chi connectivity index (χ3v) is 4.68. The van der Waals surface area contributed by atoms with Crippen molar-refractivity contribution in [3.63, 3.8) is 0 Å². The maximum atomic E-state index is 12.9. The van der Waals surface area contributed by atoms with Crippen LogP contribution in [0.1, 0.15) is 40.8 Å². The van der Waals surface area contributed by atoms with Gasteiger partial charge in [-0.15, -0.1) is 0 Å². The first-order chi connectivity index (χ1) is 11.2. The van der Waals surface area contributed by atoms with Crippen LogP contribution in [0.4, 0.5) is 4.39 Å². The number of piperazine rings is 1. The summed E-state index contributed by atoms with van der Waals surface area (Å²) in [6.07, 6.45) is 3.86. The Morgan fingerprint density at radius 3 is 3.00 bits per heavy atom. The fourth-order valence-electron chi connectivity index (χ4n) is 3.41. The minimum Gasteiger partial charge on any atom is -0.446 e. The molecule has 0 radical (unpaired) electrons. The number of nitrogens with zero attached hydrogens (tertiary/aromatic N) is 2. The van der Waals surface area contributed by atoms with Crippen LogP contribution >= 0.6 is 0 Å². The zero-order chi connectivity index (χ0) is 15.8. The monoisotopic (exact) mass is 315 g/mol. The number of fused-ring (bicyclic) bond motifs is 1. The highest BCUT2D eigenvalue weighted by molar-refractivity contribution is 6.07. The van der Waals surface area contributed by atoms with Crippen LogP contribution in [0.25, 0.3) is 0 Å². The molecule has 0 saturated carbocycles. The molecule has 1 N–H and O–H groups in total. The summed E-state index contributed by atoms with van der Waals surface area (Å²) in [5.74, 6) is -0.0790. The van der Waals surface area contributed by atoms with Crippen molar-refractivity contribution in [3.8, 4) is 0 Å². The van der Waals surface area contributed by atoms with Gasteiger partial charge in [-0.2, -0.15) is 0 Å². The van der Waals surface area contributed by atoms with Crippen LogP contribution in [0.15, 0.2) is 34.9 Å². The van der Waals surface area contributed by atoms with E-state index in [0.717, 1.165) is 19.6 Å². The van der Waals surface area contributed by atoms with Gasteiger partial charge in [0, 0.05) is 24.7 Å². The minimum absolute atomic E-state index is 0.0131. The first kappa shape index (κ1) is 14.5. The SMILES string of the molecule is O=C(c1ccc(F)cc1)c1coc([C@@H]2CN3CCC[C@@H]3CN2)n1. The smallest absolute Gasteiger partial charge is 0.214 e. The molecule has 2 aliphatic rings. The van der Waals surface area contributed by atoms with Crippen LogP contribution in [0.5, 0.6) is 0 Å². The standard InChI is InChI=1S/C17H18FN3O2/c18-12-5-3-11(4-6-12)16(22)15-10-23-17(20-15)14-9-21-7-1-2-13(21)8-19-14/h3-6,10,13-14,19H,1-2,7-9H2/t13-,14+/m1/s1. The van der Waals surface area contributed by atoms with Crippen molar-refractivity contribution in [2.45, 2.75) is 24.9 Å². The molecule has 6 heteroatoms. The number of carbonyl (C=O) groups is 1. The Labute approximate surface area is 133 Å². The topological polar surface area (TPSA) is 58.4 Å². The van der Waals surface area contributed by atoms with Crippen LogP contribution in [-0.2, 0) is 0 Å². The molecule has 4 rings (SSSR count). The lowest BCUT2D eigenvalue weighted by molar-refractivity contribution is 0.103. The first-order valence-electron chi connectivity index (χ1n) is 7.94. The summed E-state index contributed by atoms with van der Waals surface area (Å²) in [6.45, 7) is 2.90. The van der Waals surface area contributed by atoms with E-state index in [-0.39, 0.29) is 23.3 Å². The molecule has 5 nitrogen and oxygen atoms in total. The third-order valence-electron chi connectivity index (χ3n) is 4.68. The maximum Gasteiger partial charge on any atom is 0.214 e. The van der Waals surface area contributed by atoms with E-state index in [1.54, 1.807) is 0 Å². The summed E-state index contributed by atoms with van der Waals surface area (Å²) >= 11 is 0. The quantitative estimate of drug-likeness (QED) is 0.880. The Kier molecular flexibility index (Phi) is 3.71. The summed E-state index contributed by atoms with van der Waals surface area (Å²) in [7, 11) is 0.